The van der Waals surface area contributed by atoms with Gasteiger partial charge in [-0.2, -0.15) is 18.3 Å². The maximum atomic E-state index is 12.7. The number of fused-ring (bicyclic) bond motifs is 1. The first-order chi connectivity index (χ1) is 14.8. The normalized spacial score (nSPS) is 11.7. The van der Waals surface area contributed by atoms with E-state index in [-0.39, 0.29) is 11.7 Å². The topological polar surface area (TPSA) is 72.7 Å². The molecule has 31 heavy (non-hydrogen) atoms. The van der Waals surface area contributed by atoms with Crippen molar-refractivity contribution in [2.75, 3.05) is 6.54 Å². The zero-order valence-electron chi connectivity index (χ0n) is 16.5. The van der Waals surface area contributed by atoms with Crippen LogP contribution in [-0.2, 0) is 12.6 Å². The lowest BCUT2D eigenvalue weighted by molar-refractivity contribution is -0.137. The highest BCUT2D eigenvalue weighted by Crippen LogP contribution is 2.29. The van der Waals surface area contributed by atoms with E-state index >= 15 is 0 Å². The van der Waals surface area contributed by atoms with Crippen LogP contribution in [0.2, 0.25) is 0 Å². The fourth-order valence-electron chi connectivity index (χ4n) is 3.11. The van der Waals surface area contributed by atoms with Crippen LogP contribution < -0.4 is 5.32 Å². The molecule has 160 valence electrons. The number of nitrogens with one attached hydrogen (secondary N) is 1. The van der Waals surface area contributed by atoms with Crippen molar-refractivity contribution >= 4 is 27.5 Å². The molecule has 0 aliphatic carbocycles. The fourth-order valence-corrected chi connectivity index (χ4v) is 4.12. The minimum atomic E-state index is -4.46. The van der Waals surface area contributed by atoms with Gasteiger partial charge in [0.25, 0.3) is 5.91 Å². The van der Waals surface area contributed by atoms with E-state index in [0.717, 1.165) is 40.3 Å². The van der Waals surface area contributed by atoms with E-state index in [1.807, 2.05) is 24.3 Å². The molecule has 1 N–H and O–H groups in total. The average molecular weight is 445 g/mol. The Hall–Kier alpha value is -3.27. The van der Waals surface area contributed by atoms with Crippen molar-refractivity contribution in [1.29, 1.82) is 0 Å². The Labute approximate surface area is 179 Å². The summed E-state index contributed by atoms with van der Waals surface area (Å²) < 4.78 is 40.6. The van der Waals surface area contributed by atoms with Crippen LogP contribution in [0.3, 0.4) is 0 Å². The quantitative estimate of drug-likeness (QED) is 0.442. The molecule has 0 aliphatic rings. The smallest absolute Gasteiger partial charge is 0.352 e. The summed E-state index contributed by atoms with van der Waals surface area (Å²) in [4.78, 5) is 20.9. The van der Waals surface area contributed by atoms with Gasteiger partial charge in [-0.05, 0) is 37.6 Å². The predicted octanol–water partition coefficient (Wildman–Crippen LogP) is 4.57. The van der Waals surface area contributed by atoms with E-state index in [1.165, 1.54) is 16.9 Å². The molecule has 0 spiro atoms. The molecule has 0 atom stereocenters. The minimum absolute atomic E-state index is 0.209. The summed E-state index contributed by atoms with van der Waals surface area (Å²) in [5, 5.41) is 7.98. The number of aryl methyl sites for hydroxylation is 1. The second-order valence-electron chi connectivity index (χ2n) is 6.89. The summed E-state index contributed by atoms with van der Waals surface area (Å²) in [5.74, 6) is -0.0830. The Bertz CT molecular complexity index is 1180. The van der Waals surface area contributed by atoms with Crippen molar-refractivity contribution in [1.82, 2.24) is 25.1 Å². The number of hydrogen-bond acceptors (Lipinski definition) is 5. The van der Waals surface area contributed by atoms with E-state index in [4.69, 9.17) is 0 Å². The van der Waals surface area contributed by atoms with Gasteiger partial charge in [0.05, 0.1) is 38.2 Å². The number of pyridine rings is 1. The Morgan fingerprint density at radius 2 is 1.97 bits per heavy atom. The monoisotopic (exact) mass is 445 g/mol. The maximum absolute atomic E-state index is 12.7. The SMILES string of the molecule is Cc1c(C(=O)NCCCc2nc3ccccc3s2)cnn1-c1ccc(C(F)(F)F)cn1. The summed E-state index contributed by atoms with van der Waals surface area (Å²) in [6.07, 6.45) is -0.830. The number of carbonyl (C=O) groups is 1. The Balaban J connectivity index is 1.35. The van der Waals surface area contributed by atoms with Gasteiger partial charge in [-0.3, -0.25) is 4.79 Å². The van der Waals surface area contributed by atoms with Gasteiger partial charge in [0, 0.05) is 19.2 Å². The van der Waals surface area contributed by atoms with E-state index in [1.54, 1.807) is 18.3 Å². The van der Waals surface area contributed by atoms with Crippen LogP contribution in [0.25, 0.3) is 16.0 Å². The molecule has 3 heterocycles. The molecule has 0 saturated heterocycles. The summed E-state index contributed by atoms with van der Waals surface area (Å²) in [6.45, 7) is 2.14. The summed E-state index contributed by atoms with van der Waals surface area (Å²) in [6, 6.07) is 10.1. The molecule has 0 aliphatic heterocycles. The number of benzene rings is 1. The number of thiazole rings is 1. The largest absolute Gasteiger partial charge is 0.417 e. The van der Waals surface area contributed by atoms with Crippen LogP contribution >= 0.6 is 11.3 Å². The van der Waals surface area contributed by atoms with Crippen LogP contribution in [-0.4, -0.2) is 32.2 Å². The van der Waals surface area contributed by atoms with Gasteiger partial charge in [-0.1, -0.05) is 12.1 Å². The molecule has 0 bridgehead atoms. The number of alkyl halides is 3. The second kappa shape index (κ2) is 8.46. The Morgan fingerprint density at radius 1 is 1.16 bits per heavy atom. The molecule has 0 saturated carbocycles. The molecule has 1 aromatic carbocycles. The van der Waals surface area contributed by atoms with Crippen LogP contribution in [0.1, 0.15) is 33.0 Å². The summed E-state index contributed by atoms with van der Waals surface area (Å²) in [5.41, 5.74) is 0.983. The third kappa shape index (κ3) is 4.58. The van der Waals surface area contributed by atoms with Gasteiger partial charge < -0.3 is 5.32 Å². The van der Waals surface area contributed by atoms with Gasteiger partial charge in [0.15, 0.2) is 5.82 Å². The standard InChI is InChI=1S/C21H18F3N5OS/c1-13-15(12-27-29(13)18-9-8-14(11-26-18)21(22,23)24)20(30)25-10-4-7-19-28-16-5-2-3-6-17(16)31-19/h2-3,5-6,8-9,11-12H,4,7,10H2,1H3,(H,25,30). The van der Waals surface area contributed by atoms with Crippen LogP contribution in [0.4, 0.5) is 13.2 Å². The lowest BCUT2D eigenvalue weighted by Gasteiger charge is -2.08. The molecule has 0 radical (unpaired) electrons. The van der Waals surface area contributed by atoms with Crippen molar-refractivity contribution in [3.05, 3.63) is 70.6 Å². The molecule has 1 amide bonds. The van der Waals surface area contributed by atoms with Crippen molar-refractivity contribution in [2.24, 2.45) is 0 Å². The summed E-state index contributed by atoms with van der Waals surface area (Å²) >= 11 is 1.64. The molecule has 6 nitrogen and oxygen atoms in total. The van der Waals surface area contributed by atoms with E-state index in [9.17, 15) is 18.0 Å². The number of rotatable bonds is 6. The first-order valence-corrected chi connectivity index (χ1v) is 10.4. The zero-order valence-corrected chi connectivity index (χ0v) is 17.3. The lowest BCUT2D eigenvalue weighted by Crippen LogP contribution is -2.25. The highest BCUT2D eigenvalue weighted by Gasteiger charge is 2.30. The average Bonchev–Trinajstić information content (AvgIpc) is 3.33. The highest BCUT2D eigenvalue weighted by molar-refractivity contribution is 7.18. The number of hydrogen-bond donors (Lipinski definition) is 1. The highest BCUT2D eigenvalue weighted by atomic mass is 32.1. The van der Waals surface area contributed by atoms with Crippen LogP contribution in [0.15, 0.2) is 48.8 Å². The Kier molecular flexibility index (Phi) is 5.73. The first kappa shape index (κ1) is 21.0. The van der Waals surface area contributed by atoms with Gasteiger partial charge >= 0.3 is 6.18 Å². The molecule has 0 unspecified atom stereocenters. The number of carbonyl (C=O) groups excluding carboxylic acids is 1. The first-order valence-electron chi connectivity index (χ1n) is 9.54. The zero-order chi connectivity index (χ0) is 22.0. The molecule has 10 heteroatoms. The van der Waals surface area contributed by atoms with Crippen molar-refractivity contribution < 1.29 is 18.0 Å². The van der Waals surface area contributed by atoms with Crippen LogP contribution in [0.5, 0.6) is 0 Å². The van der Waals surface area contributed by atoms with Crippen LogP contribution in [0, 0.1) is 6.92 Å². The maximum Gasteiger partial charge on any atom is 0.417 e. The minimum Gasteiger partial charge on any atom is -0.352 e. The molecule has 4 rings (SSSR count). The molecule has 3 aromatic heterocycles. The van der Waals surface area contributed by atoms with Gasteiger partial charge in [-0.25, -0.2) is 14.6 Å². The number of amides is 1. The Morgan fingerprint density at radius 3 is 2.68 bits per heavy atom. The van der Waals surface area contributed by atoms with Gasteiger partial charge in [0.1, 0.15) is 0 Å². The number of nitrogens with zero attached hydrogens (tertiary/aromatic N) is 4. The molecular formula is C21H18F3N5OS. The fraction of sp³-hybridized carbons (Fsp3) is 0.238. The van der Waals surface area contributed by atoms with E-state index < -0.39 is 11.7 Å². The van der Waals surface area contributed by atoms with Gasteiger partial charge in [-0.15, -0.1) is 11.3 Å². The number of para-hydroxylation sites is 1. The summed E-state index contributed by atoms with van der Waals surface area (Å²) in [7, 11) is 0. The number of aromatic nitrogens is 4. The molecular weight excluding hydrogens is 427 g/mol. The lowest BCUT2D eigenvalue weighted by atomic mass is 10.2. The van der Waals surface area contributed by atoms with E-state index in [0.29, 0.717) is 17.8 Å². The van der Waals surface area contributed by atoms with Gasteiger partial charge in [0.2, 0.25) is 0 Å². The predicted molar refractivity (Wildman–Crippen MR) is 111 cm³/mol. The second-order valence-corrected chi connectivity index (χ2v) is 8.01. The molecule has 0 fully saturated rings. The van der Waals surface area contributed by atoms with E-state index in [2.05, 4.69) is 20.4 Å². The van der Waals surface area contributed by atoms with Crippen molar-refractivity contribution in [3.63, 3.8) is 0 Å². The van der Waals surface area contributed by atoms with Crippen molar-refractivity contribution in [3.8, 4) is 5.82 Å². The molecule has 4 aromatic rings. The third-order valence-electron chi connectivity index (χ3n) is 4.74. The number of halogens is 3. The third-order valence-corrected chi connectivity index (χ3v) is 5.83. The van der Waals surface area contributed by atoms with Crippen molar-refractivity contribution in [2.45, 2.75) is 25.9 Å².